The van der Waals surface area contributed by atoms with Crippen molar-refractivity contribution in [3.63, 3.8) is 0 Å². The highest BCUT2D eigenvalue weighted by Crippen LogP contribution is 2.22. The van der Waals surface area contributed by atoms with Gasteiger partial charge in [-0.15, -0.1) is 0 Å². The number of halogens is 2. The van der Waals surface area contributed by atoms with Gasteiger partial charge in [0.2, 0.25) is 6.41 Å². The van der Waals surface area contributed by atoms with Crippen molar-refractivity contribution in [2.45, 2.75) is 18.2 Å². The lowest BCUT2D eigenvalue weighted by atomic mass is 10.2. The third-order valence-corrected chi connectivity index (χ3v) is 3.78. The highest BCUT2D eigenvalue weighted by Gasteiger charge is 2.15. The molecule has 2 N–H and O–H groups in total. The number of carbonyl (C=O) groups is 2. The van der Waals surface area contributed by atoms with Crippen LogP contribution in [0.3, 0.4) is 0 Å². The number of carboxylic acids is 1. The molecule has 0 aromatic heterocycles. The van der Waals surface area contributed by atoms with E-state index in [9.17, 15) is 14.0 Å². The van der Waals surface area contributed by atoms with Crippen molar-refractivity contribution in [3.05, 3.63) is 34.6 Å². The molecule has 0 aliphatic heterocycles. The second kappa shape index (κ2) is 8.01. The third-order valence-electron chi connectivity index (χ3n) is 2.39. The molecule has 0 saturated heterocycles. The summed E-state index contributed by atoms with van der Waals surface area (Å²) in [6.07, 6.45) is 0.692. The summed E-state index contributed by atoms with van der Waals surface area (Å²) in [7, 11) is 0. The van der Waals surface area contributed by atoms with Gasteiger partial charge in [0.05, 0.1) is 0 Å². The molecular weight excluding hydrogens is 293 g/mol. The Bertz CT molecular complexity index is 459. The van der Waals surface area contributed by atoms with Gasteiger partial charge in [0.1, 0.15) is 11.9 Å². The van der Waals surface area contributed by atoms with E-state index >= 15 is 0 Å². The van der Waals surface area contributed by atoms with Gasteiger partial charge in [0, 0.05) is 10.8 Å². The van der Waals surface area contributed by atoms with Crippen LogP contribution in [0.15, 0.2) is 18.2 Å². The van der Waals surface area contributed by atoms with Gasteiger partial charge in [-0.1, -0.05) is 17.7 Å². The van der Waals surface area contributed by atoms with Crippen LogP contribution in [-0.4, -0.2) is 29.3 Å². The summed E-state index contributed by atoms with van der Waals surface area (Å²) in [6.45, 7) is 0. The predicted molar refractivity (Wildman–Crippen MR) is 72.8 cm³/mol. The Balaban J connectivity index is 2.37. The van der Waals surface area contributed by atoms with Crippen molar-refractivity contribution in [2.75, 3.05) is 5.75 Å². The molecule has 1 aromatic rings. The first-order valence-corrected chi connectivity index (χ1v) is 7.02. The Morgan fingerprint density at radius 3 is 2.89 bits per heavy atom. The van der Waals surface area contributed by atoms with Crippen molar-refractivity contribution in [1.29, 1.82) is 0 Å². The van der Waals surface area contributed by atoms with Crippen LogP contribution in [0.25, 0.3) is 0 Å². The molecule has 1 atom stereocenters. The van der Waals surface area contributed by atoms with Gasteiger partial charge in [-0.25, -0.2) is 9.18 Å². The standard InChI is InChI=1S/C12H13ClFNO3S/c13-10-5-9(14)2-1-8(10)6-19-4-3-11(12(17)18)15-7-16/h1-2,5,7,11H,3-4,6H2,(H,15,16)(H,17,18). The van der Waals surface area contributed by atoms with Crippen molar-refractivity contribution >= 4 is 35.7 Å². The molecule has 0 fully saturated rings. The summed E-state index contributed by atoms with van der Waals surface area (Å²) < 4.78 is 12.8. The topological polar surface area (TPSA) is 66.4 Å². The zero-order valence-electron chi connectivity index (χ0n) is 9.94. The Hall–Kier alpha value is -1.27. The summed E-state index contributed by atoms with van der Waals surface area (Å²) in [6, 6.07) is 3.29. The largest absolute Gasteiger partial charge is 0.480 e. The number of hydrogen-bond donors (Lipinski definition) is 2. The van der Waals surface area contributed by atoms with Crippen LogP contribution in [0, 0.1) is 5.82 Å². The van der Waals surface area contributed by atoms with E-state index in [2.05, 4.69) is 5.32 Å². The summed E-state index contributed by atoms with van der Waals surface area (Å²) in [5.41, 5.74) is 0.795. The average molecular weight is 306 g/mol. The number of carbonyl (C=O) groups excluding carboxylic acids is 1. The van der Waals surface area contributed by atoms with Crippen LogP contribution in [0.1, 0.15) is 12.0 Å². The van der Waals surface area contributed by atoms with Gasteiger partial charge in [0.25, 0.3) is 0 Å². The molecule has 4 nitrogen and oxygen atoms in total. The van der Waals surface area contributed by atoms with Gasteiger partial charge in [-0.05, 0) is 29.9 Å². The molecule has 1 rings (SSSR count). The molecule has 0 radical (unpaired) electrons. The molecule has 1 amide bonds. The minimum absolute atomic E-state index is 0.317. The van der Waals surface area contributed by atoms with E-state index in [0.29, 0.717) is 29.4 Å². The smallest absolute Gasteiger partial charge is 0.326 e. The molecule has 0 aliphatic carbocycles. The van der Waals surface area contributed by atoms with Crippen LogP contribution < -0.4 is 5.32 Å². The van der Waals surface area contributed by atoms with Crippen molar-refractivity contribution in [3.8, 4) is 0 Å². The summed E-state index contributed by atoms with van der Waals surface area (Å²) >= 11 is 7.34. The monoisotopic (exact) mass is 305 g/mol. The quantitative estimate of drug-likeness (QED) is 0.571. The van der Waals surface area contributed by atoms with Crippen LogP contribution >= 0.6 is 23.4 Å². The maximum absolute atomic E-state index is 12.8. The van der Waals surface area contributed by atoms with Gasteiger partial charge < -0.3 is 10.4 Å². The Labute approximate surface area is 119 Å². The number of thioether (sulfide) groups is 1. The van der Waals surface area contributed by atoms with E-state index in [0.717, 1.165) is 5.56 Å². The first-order chi connectivity index (χ1) is 9.04. The van der Waals surface area contributed by atoms with Gasteiger partial charge >= 0.3 is 5.97 Å². The van der Waals surface area contributed by atoms with Crippen LogP contribution in [0.4, 0.5) is 4.39 Å². The lowest BCUT2D eigenvalue weighted by Gasteiger charge is -2.10. The van der Waals surface area contributed by atoms with Crippen LogP contribution in [-0.2, 0) is 15.3 Å². The number of nitrogens with one attached hydrogen (secondary N) is 1. The molecule has 0 saturated carbocycles. The minimum atomic E-state index is -1.06. The number of benzene rings is 1. The molecule has 0 heterocycles. The minimum Gasteiger partial charge on any atom is -0.480 e. The fourth-order valence-corrected chi connectivity index (χ4v) is 2.71. The maximum Gasteiger partial charge on any atom is 0.326 e. The van der Waals surface area contributed by atoms with Crippen LogP contribution in [0.2, 0.25) is 5.02 Å². The first kappa shape index (κ1) is 15.8. The van der Waals surface area contributed by atoms with E-state index in [1.807, 2.05) is 0 Å². The fourth-order valence-electron chi connectivity index (χ4n) is 1.38. The zero-order valence-corrected chi connectivity index (χ0v) is 11.5. The van der Waals surface area contributed by atoms with Gasteiger partial charge in [-0.2, -0.15) is 11.8 Å². The van der Waals surface area contributed by atoms with E-state index in [1.54, 1.807) is 6.07 Å². The van der Waals surface area contributed by atoms with E-state index in [4.69, 9.17) is 16.7 Å². The molecule has 0 bridgehead atoms. The first-order valence-electron chi connectivity index (χ1n) is 5.48. The highest BCUT2D eigenvalue weighted by atomic mass is 35.5. The normalized spacial score (nSPS) is 11.9. The highest BCUT2D eigenvalue weighted by molar-refractivity contribution is 7.98. The fraction of sp³-hybridized carbons (Fsp3) is 0.333. The lowest BCUT2D eigenvalue weighted by molar-refractivity contribution is -0.140. The van der Waals surface area contributed by atoms with Gasteiger partial charge in [-0.3, -0.25) is 4.79 Å². The number of aliphatic carboxylic acids is 1. The molecular formula is C12H13ClFNO3S. The number of rotatable bonds is 8. The number of hydrogen-bond acceptors (Lipinski definition) is 3. The molecule has 0 spiro atoms. The van der Waals surface area contributed by atoms with E-state index < -0.39 is 12.0 Å². The van der Waals surface area contributed by atoms with E-state index in [1.165, 1.54) is 23.9 Å². The second-order valence-corrected chi connectivity index (χ2v) is 5.26. The van der Waals surface area contributed by atoms with Crippen molar-refractivity contribution in [2.24, 2.45) is 0 Å². The predicted octanol–water partition coefficient (Wildman–Crippen LogP) is 2.30. The Morgan fingerprint density at radius 2 is 2.32 bits per heavy atom. The Morgan fingerprint density at radius 1 is 1.58 bits per heavy atom. The molecule has 0 aliphatic rings. The Kier molecular flexibility index (Phi) is 6.66. The zero-order chi connectivity index (χ0) is 14.3. The SMILES string of the molecule is O=CNC(CCSCc1ccc(F)cc1Cl)C(=O)O. The summed E-state index contributed by atoms with van der Waals surface area (Å²) in [4.78, 5) is 21.0. The second-order valence-electron chi connectivity index (χ2n) is 3.75. The van der Waals surface area contributed by atoms with Crippen molar-refractivity contribution in [1.82, 2.24) is 5.32 Å². The van der Waals surface area contributed by atoms with E-state index in [-0.39, 0.29) is 5.82 Å². The molecule has 104 valence electrons. The third kappa shape index (κ3) is 5.48. The summed E-state index contributed by atoms with van der Waals surface area (Å²) in [5.74, 6) is -0.342. The maximum atomic E-state index is 12.8. The lowest BCUT2D eigenvalue weighted by Crippen LogP contribution is -2.36. The molecule has 7 heteroatoms. The van der Waals surface area contributed by atoms with Crippen LogP contribution in [0.5, 0.6) is 0 Å². The molecule has 19 heavy (non-hydrogen) atoms. The summed E-state index contributed by atoms with van der Waals surface area (Å²) in [5, 5.41) is 11.4. The van der Waals surface area contributed by atoms with Crippen molar-refractivity contribution < 1.29 is 19.1 Å². The van der Waals surface area contributed by atoms with Gasteiger partial charge in [0.15, 0.2) is 0 Å². The average Bonchev–Trinajstić information content (AvgIpc) is 2.35. The number of carboxylic acid groups (broad SMARTS) is 1. The molecule has 1 unspecified atom stereocenters. The molecule has 1 aromatic carbocycles. The number of amides is 1.